The van der Waals surface area contributed by atoms with Crippen LogP contribution in [-0.4, -0.2) is 60.8 Å². The van der Waals surface area contributed by atoms with Gasteiger partial charge in [-0.25, -0.2) is 0 Å². The van der Waals surface area contributed by atoms with Crippen LogP contribution < -0.4 is 0 Å². The lowest BCUT2D eigenvalue weighted by Gasteiger charge is -2.33. The van der Waals surface area contributed by atoms with Gasteiger partial charge in [-0.2, -0.15) is 0 Å². The molecule has 1 atom stereocenters. The first-order valence-electron chi connectivity index (χ1n) is 5.85. The first-order chi connectivity index (χ1) is 7.74. The molecular formula is C12H20N2O2. The summed E-state index contributed by atoms with van der Waals surface area (Å²) in [6.07, 6.45) is 1.94. The lowest BCUT2D eigenvalue weighted by atomic mass is 10.2. The Morgan fingerprint density at radius 3 is 2.75 bits per heavy atom. The van der Waals surface area contributed by atoms with E-state index in [9.17, 15) is 5.11 Å². The van der Waals surface area contributed by atoms with Crippen molar-refractivity contribution in [2.24, 2.45) is 0 Å². The van der Waals surface area contributed by atoms with Crippen molar-refractivity contribution in [2.75, 3.05) is 39.8 Å². The standard InChI is InChI=1S/C12H20N2O2/c1-13-4-6-14(7-5-13)10-11(15)9-12-3-2-8-16-12/h2-3,8,11,15H,4-7,9-10H2,1H3. The van der Waals surface area contributed by atoms with E-state index in [4.69, 9.17) is 4.42 Å². The number of aliphatic hydroxyl groups excluding tert-OH is 1. The summed E-state index contributed by atoms with van der Waals surface area (Å²) in [5.41, 5.74) is 0. The molecule has 1 aromatic rings. The lowest BCUT2D eigenvalue weighted by Crippen LogP contribution is -2.47. The molecule has 0 aliphatic carbocycles. The molecule has 4 heteroatoms. The number of hydrogen-bond donors (Lipinski definition) is 1. The van der Waals surface area contributed by atoms with E-state index < -0.39 is 0 Å². The van der Waals surface area contributed by atoms with Crippen molar-refractivity contribution in [1.29, 1.82) is 0 Å². The highest BCUT2D eigenvalue weighted by atomic mass is 16.3. The number of aliphatic hydroxyl groups is 1. The van der Waals surface area contributed by atoms with E-state index in [1.165, 1.54) is 0 Å². The van der Waals surface area contributed by atoms with Gasteiger partial charge in [-0.05, 0) is 19.2 Å². The second kappa shape index (κ2) is 5.48. The molecule has 0 amide bonds. The molecule has 90 valence electrons. The second-order valence-electron chi connectivity index (χ2n) is 4.54. The fourth-order valence-corrected chi connectivity index (χ4v) is 2.05. The summed E-state index contributed by atoms with van der Waals surface area (Å²) in [7, 11) is 2.14. The molecule has 1 fully saturated rings. The third kappa shape index (κ3) is 3.33. The van der Waals surface area contributed by atoms with E-state index in [0.717, 1.165) is 38.5 Å². The van der Waals surface area contributed by atoms with E-state index in [-0.39, 0.29) is 6.10 Å². The third-order valence-corrected chi connectivity index (χ3v) is 3.08. The molecule has 0 radical (unpaired) electrons. The van der Waals surface area contributed by atoms with Crippen LogP contribution >= 0.6 is 0 Å². The Balaban J connectivity index is 1.72. The number of likely N-dealkylation sites (N-methyl/N-ethyl adjacent to an activating group) is 1. The molecule has 1 N–H and O–H groups in total. The molecule has 0 saturated carbocycles. The Hall–Kier alpha value is -0.840. The zero-order chi connectivity index (χ0) is 11.4. The van der Waals surface area contributed by atoms with Gasteiger partial charge < -0.3 is 14.4 Å². The van der Waals surface area contributed by atoms with Gasteiger partial charge in [0, 0.05) is 39.1 Å². The fraction of sp³-hybridized carbons (Fsp3) is 0.667. The molecule has 1 saturated heterocycles. The van der Waals surface area contributed by atoms with Crippen molar-refractivity contribution in [3.8, 4) is 0 Å². The van der Waals surface area contributed by atoms with E-state index in [2.05, 4.69) is 16.8 Å². The smallest absolute Gasteiger partial charge is 0.106 e. The van der Waals surface area contributed by atoms with Gasteiger partial charge in [0.15, 0.2) is 0 Å². The second-order valence-corrected chi connectivity index (χ2v) is 4.54. The molecular weight excluding hydrogens is 204 g/mol. The van der Waals surface area contributed by atoms with Gasteiger partial charge in [0.1, 0.15) is 5.76 Å². The summed E-state index contributed by atoms with van der Waals surface area (Å²) in [4.78, 5) is 4.63. The molecule has 0 bridgehead atoms. The Morgan fingerprint density at radius 2 is 2.12 bits per heavy atom. The monoisotopic (exact) mass is 224 g/mol. The summed E-state index contributed by atoms with van der Waals surface area (Å²) < 4.78 is 5.22. The minimum absolute atomic E-state index is 0.324. The Bertz CT molecular complexity index is 292. The molecule has 4 nitrogen and oxygen atoms in total. The zero-order valence-electron chi connectivity index (χ0n) is 9.80. The van der Waals surface area contributed by atoms with Crippen LogP contribution in [0.4, 0.5) is 0 Å². The number of β-amino-alcohol motifs (C(OH)–C–C–N with tert-alkyl or cyclic N) is 1. The minimum Gasteiger partial charge on any atom is -0.469 e. The molecule has 16 heavy (non-hydrogen) atoms. The highest BCUT2D eigenvalue weighted by Crippen LogP contribution is 2.07. The van der Waals surface area contributed by atoms with Gasteiger partial charge in [0.05, 0.1) is 12.4 Å². The summed E-state index contributed by atoms with van der Waals surface area (Å²) >= 11 is 0. The molecule has 1 aromatic heterocycles. The van der Waals surface area contributed by atoms with Crippen molar-refractivity contribution in [1.82, 2.24) is 9.80 Å². The predicted molar refractivity (Wildman–Crippen MR) is 62.4 cm³/mol. The molecule has 2 heterocycles. The Kier molecular flexibility index (Phi) is 3.98. The van der Waals surface area contributed by atoms with Gasteiger partial charge in [0.25, 0.3) is 0 Å². The third-order valence-electron chi connectivity index (χ3n) is 3.08. The SMILES string of the molecule is CN1CCN(CC(O)Cc2ccco2)CC1. The Labute approximate surface area is 96.5 Å². The molecule has 2 rings (SSSR count). The number of nitrogens with zero attached hydrogens (tertiary/aromatic N) is 2. The normalized spacial score (nSPS) is 21.1. The van der Waals surface area contributed by atoms with Crippen LogP contribution in [0.5, 0.6) is 0 Å². The highest BCUT2D eigenvalue weighted by molar-refractivity contribution is 4.99. The quantitative estimate of drug-likeness (QED) is 0.805. The summed E-state index contributed by atoms with van der Waals surface area (Å²) in [6.45, 7) is 5.02. The van der Waals surface area contributed by atoms with E-state index in [1.807, 2.05) is 12.1 Å². The lowest BCUT2D eigenvalue weighted by molar-refractivity contribution is 0.0780. The molecule has 0 aromatic carbocycles. The summed E-state index contributed by atoms with van der Waals surface area (Å²) in [5, 5.41) is 9.92. The maximum Gasteiger partial charge on any atom is 0.106 e. The van der Waals surface area contributed by atoms with Crippen LogP contribution in [-0.2, 0) is 6.42 Å². The van der Waals surface area contributed by atoms with Crippen molar-refractivity contribution in [3.05, 3.63) is 24.2 Å². The predicted octanol–water partition coefficient (Wildman–Crippen LogP) is 0.430. The van der Waals surface area contributed by atoms with Crippen LogP contribution in [0.15, 0.2) is 22.8 Å². The van der Waals surface area contributed by atoms with Crippen LogP contribution in [0.1, 0.15) is 5.76 Å². The minimum atomic E-state index is -0.324. The van der Waals surface area contributed by atoms with Crippen molar-refractivity contribution in [2.45, 2.75) is 12.5 Å². The first kappa shape index (κ1) is 11.6. The summed E-state index contributed by atoms with van der Waals surface area (Å²) in [5.74, 6) is 0.863. The molecule has 1 aliphatic heterocycles. The topological polar surface area (TPSA) is 39.9 Å². The van der Waals surface area contributed by atoms with Gasteiger partial charge in [-0.3, -0.25) is 4.90 Å². The largest absolute Gasteiger partial charge is 0.469 e. The van der Waals surface area contributed by atoms with Gasteiger partial charge in [-0.1, -0.05) is 0 Å². The zero-order valence-corrected chi connectivity index (χ0v) is 9.80. The fourth-order valence-electron chi connectivity index (χ4n) is 2.05. The molecule has 1 unspecified atom stereocenters. The number of rotatable bonds is 4. The maximum atomic E-state index is 9.92. The van der Waals surface area contributed by atoms with Crippen LogP contribution in [0.3, 0.4) is 0 Å². The van der Waals surface area contributed by atoms with Gasteiger partial charge in [-0.15, -0.1) is 0 Å². The maximum absolute atomic E-state index is 9.92. The van der Waals surface area contributed by atoms with E-state index in [0.29, 0.717) is 6.42 Å². The van der Waals surface area contributed by atoms with E-state index in [1.54, 1.807) is 6.26 Å². The Morgan fingerprint density at radius 1 is 1.38 bits per heavy atom. The summed E-state index contributed by atoms with van der Waals surface area (Å²) in [6, 6.07) is 3.77. The van der Waals surface area contributed by atoms with Crippen molar-refractivity contribution >= 4 is 0 Å². The number of piperazine rings is 1. The molecule has 1 aliphatic rings. The average molecular weight is 224 g/mol. The van der Waals surface area contributed by atoms with Crippen molar-refractivity contribution < 1.29 is 9.52 Å². The van der Waals surface area contributed by atoms with Gasteiger partial charge in [0.2, 0.25) is 0 Å². The van der Waals surface area contributed by atoms with Gasteiger partial charge >= 0.3 is 0 Å². The highest BCUT2D eigenvalue weighted by Gasteiger charge is 2.17. The number of furan rings is 1. The van der Waals surface area contributed by atoms with Crippen LogP contribution in [0.2, 0.25) is 0 Å². The van der Waals surface area contributed by atoms with Crippen LogP contribution in [0.25, 0.3) is 0 Å². The average Bonchev–Trinajstić information content (AvgIpc) is 2.74. The molecule has 0 spiro atoms. The van der Waals surface area contributed by atoms with Crippen molar-refractivity contribution in [3.63, 3.8) is 0 Å². The number of hydrogen-bond acceptors (Lipinski definition) is 4. The van der Waals surface area contributed by atoms with E-state index >= 15 is 0 Å². The van der Waals surface area contributed by atoms with Crippen LogP contribution in [0, 0.1) is 0 Å². The first-order valence-corrected chi connectivity index (χ1v) is 5.85.